The monoisotopic (exact) mass is 352 g/mol. The summed E-state index contributed by atoms with van der Waals surface area (Å²) in [5, 5.41) is 2.80. The highest BCUT2D eigenvalue weighted by Crippen LogP contribution is 2.28. The topological polar surface area (TPSA) is 78.7 Å². The Morgan fingerprint density at radius 1 is 1.08 bits per heavy atom. The van der Waals surface area contributed by atoms with Crippen LogP contribution in [-0.2, 0) is 16.0 Å². The second-order valence-electron chi connectivity index (χ2n) is 6.35. The van der Waals surface area contributed by atoms with Crippen molar-refractivity contribution in [3.63, 3.8) is 0 Å². The molecular formula is C20H24N4O2. The maximum absolute atomic E-state index is 12.9. The fourth-order valence-corrected chi connectivity index (χ4v) is 3.12. The van der Waals surface area contributed by atoms with Gasteiger partial charge in [-0.3, -0.25) is 19.4 Å². The van der Waals surface area contributed by atoms with E-state index < -0.39 is 0 Å². The van der Waals surface area contributed by atoms with E-state index in [1.54, 1.807) is 11.0 Å². The van der Waals surface area contributed by atoms with Gasteiger partial charge in [0.15, 0.2) is 0 Å². The Labute approximate surface area is 153 Å². The second kappa shape index (κ2) is 8.60. The van der Waals surface area contributed by atoms with E-state index in [2.05, 4.69) is 17.4 Å². The third-order valence-corrected chi connectivity index (χ3v) is 4.44. The largest absolute Gasteiger partial charge is 0.329 e. The standard InChI is InChI=1S/C20H24N4O2/c21-11-13-23(12-10-16-6-2-1-3-7-16)15-20(26)24-14-19(25)22-17-8-4-5-9-18(17)24/h1-9H,10-15,21H2,(H,22,25). The first-order valence-electron chi connectivity index (χ1n) is 8.83. The highest BCUT2D eigenvalue weighted by atomic mass is 16.2. The highest BCUT2D eigenvalue weighted by Gasteiger charge is 2.27. The Bertz CT molecular complexity index is 763. The van der Waals surface area contributed by atoms with Gasteiger partial charge in [-0.05, 0) is 24.1 Å². The lowest BCUT2D eigenvalue weighted by atomic mass is 10.1. The minimum Gasteiger partial charge on any atom is -0.329 e. The van der Waals surface area contributed by atoms with Crippen molar-refractivity contribution in [1.82, 2.24) is 4.90 Å². The minimum absolute atomic E-state index is 0.0466. The first-order chi connectivity index (χ1) is 12.7. The van der Waals surface area contributed by atoms with Crippen LogP contribution in [0.25, 0.3) is 0 Å². The maximum Gasteiger partial charge on any atom is 0.244 e. The number of nitrogens with two attached hydrogens (primary N) is 1. The number of anilines is 2. The fourth-order valence-electron chi connectivity index (χ4n) is 3.12. The number of para-hydroxylation sites is 2. The van der Waals surface area contributed by atoms with Gasteiger partial charge in [-0.25, -0.2) is 0 Å². The molecule has 1 aliphatic rings. The Kier molecular flexibility index (Phi) is 5.99. The molecule has 2 aromatic carbocycles. The number of nitrogens with one attached hydrogen (secondary N) is 1. The van der Waals surface area contributed by atoms with Crippen molar-refractivity contribution in [2.24, 2.45) is 5.73 Å². The van der Waals surface area contributed by atoms with Crippen LogP contribution >= 0.6 is 0 Å². The van der Waals surface area contributed by atoms with Crippen molar-refractivity contribution >= 4 is 23.2 Å². The lowest BCUT2D eigenvalue weighted by Gasteiger charge is -2.31. The van der Waals surface area contributed by atoms with Crippen molar-refractivity contribution in [1.29, 1.82) is 0 Å². The van der Waals surface area contributed by atoms with Crippen LogP contribution in [0.5, 0.6) is 0 Å². The van der Waals surface area contributed by atoms with Gasteiger partial charge in [0.25, 0.3) is 0 Å². The van der Waals surface area contributed by atoms with Crippen LogP contribution in [0.2, 0.25) is 0 Å². The van der Waals surface area contributed by atoms with Gasteiger partial charge in [0, 0.05) is 19.6 Å². The van der Waals surface area contributed by atoms with Gasteiger partial charge in [-0.15, -0.1) is 0 Å². The third-order valence-electron chi connectivity index (χ3n) is 4.44. The molecule has 3 rings (SSSR count). The smallest absolute Gasteiger partial charge is 0.244 e. The molecule has 26 heavy (non-hydrogen) atoms. The van der Waals surface area contributed by atoms with Gasteiger partial charge in [0.05, 0.1) is 17.9 Å². The quantitative estimate of drug-likeness (QED) is 0.791. The molecule has 1 aliphatic heterocycles. The molecule has 0 aromatic heterocycles. The number of hydrogen-bond donors (Lipinski definition) is 2. The summed E-state index contributed by atoms with van der Waals surface area (Å²) in [6, 6.07) is 17.5. The summed E-state index contributed by atoms with van der Waals surface area (Å²) in [6.45, 7) is 2.16. The van der Waals surface area contributed by atoms with Gasteiger partial charge in [0.2, 0.25) is 11.8 Å². The van der Waals surface area contributed by atoms with Gasteiger partial charge in [-0.1, -0.05) is 42.5 Å². The molecule has 0 bridgehead atoms. The number of carbonyl (C=O) groups excluding carboxylic acids is 2. The van der Waals surface area contributed by atoms with Crippen molar-refractivity contribution in [3.8, 4) is 0 Å². The summed E-state index contributed by atoms with van der Waals surface area (Å²) in [6.07, 6.45) is 0.852. The van der Waals surface area contributed by atoms with Gasteiger partial charge < -0.3 is 11.1 Å². The number of carbonyl (C=O) groups is 2. The van der Waals surface area contributed by atoms with Crippen LogP contribution in [0.4, 0.5) is 11.4 Å². The first-order valence-corrected chi connectivity index (χ1v) is 8.83. The molecule has 2 aromatic rings. The van der Waals surface area contributed by atoms with Crippen molar-refractivity contribution in [2.75, 3.05) is 42.9 Å². The summed E-state index contributed by atoms with van der Waals surface area (Å²) in [7, 11) is 0. The molecule has 136 valence electrons. The van der Waals surface area contributed by atoms with Crippen LogP contribution < -0.4 is 16.0 Å². The molecule has 0 radical (unpaired) electrons. The van der Waals surface area contributed by atoms with E-state index in [-0.39, 0.29) is 24.9 Å². The molecule has 6 heteroatoms. The van der Waals surface area contributed by atoms with Crippen molar-refractivity contribution in [3.05, 3.63) is 60.2 Å². The number of nitrogens with zero attached hydrogens (tertiary/aromatic N) is 2. The van der Waals surface area contributed by atoms with E-state index in [0.717, 1.165) is 18.7 Å². The lowest BCUT2D eigenvalue weighted by Crippen LogP contribution is -2.47. The minimum atomic E-state index is -0.174. The Balaban J connectivity index is 1.67. The second-order valence-corrected chi connectivity index (χ2v) is 6.35. The predicted molar refractivity (Wildman–Crippen MR) is 103 cm³/mol. The average Bonchev–Trinajstić information content (AvgIpc) is 2.66. The number of hydrogen-bond acceptors (Lipinski definition) is 4. The van der Waals surface area contributed by atoms with Gasteiger partial charge >= 0.3 is 0 Å². The van der Waals surface area contributed by atoms with Gasteiger partial charge in [-0.2, -0.15) is 0 Å². The average molecular weight is 352 g/mol. The number of rotatable bonds is 7. The first kappa shape index (κ1) is 18.1. The van der Waals surface area contributed by atoms with E-state index in [9.17, 15) is 9.59 Å². The van der Waals surface area contributed by atoms with Crippen LogP contribution in [0, 0.1) is 0 Å². The molecule has 0 atom stereocenters. The molecule has 0 saturated heterocycles. The van der Waals surface area contributed by atoms with E-state index in [1.165, 1.54) is 5.56 Å². The summed E-state index contributed by atoms with van der Waals surface area (Å²) in [5.74, 6) is -0.263. The van der Waals surface area contributed by atoms with Crippen molar-refractivity contribution in [2.45, 2.75) is 6.42 Å². The van der Waals surface area contributed by atoms with Gasteiger partial charge in [0.1, 0.15) is 6.54 Å². The molecule has 2 amide bonds. The predicted octanol–water partition coefficient (Wildman–Crippen LogP) is 1.48. The fraction of sp³-hybridized carbons (Fsp3) is 0.300. The molecule has 1 heterocycles. The van der Waals surface area contributed by atoms with Crippen molar-refractivity contribution < 1.29 is 9.59 Å². The molecule has 0 saturated carbocycles. The zero-order chi connectivity index (χ0) is 18.4. The SMILES string of the molecule is NCCN(CCc1ccccc1)CC(=O)N1CC(=O)Nc2ccccc21. The zero-order valence-electron chi connectivity index (χ0n) is 14.7. The molecule has 6 nitrogen and oxygen atoms in total. The Morgan fingerprint density at radius 2 is 1.81 bits per heavy atom. The highest BCUT2D eigenvalue weighted by molar-refractivity contribution is 6.10. The number of benzene rings is 2. The van der Waals surface area contributed by atoms with Crippen LogP contribution in [0.15, 0.2) is 54.6 Å². The van der Waals surface area contributed by atoms with E-state index in [4.69, 9.17) is 5.73 Å². The van der Waals surface area contributed by atoms with E-state index in [0.29, 0.717) is 18.8 Å². The Morgan fingerprint density at radius 3 is 2.58 bits per heavy atom. The number of fused-ring (bicyclic) bond motifs is 1. The van der Waals surface area contributed by atoms with Crippen LogP contribution in [0.1, 0.15) is 5.56 Å². The van der Waals surface area contributed by atoms with E-state index in [1.807, 2.05) is 41.3 Å². The number of amides is 2. The summed E-state index contributed by atoms with van der Waals surface area (Å²) < 4.78 is 0. The summed E-state index contributed by atoms with van der Waals surface area (Å²) in [5.41, 5.74) is 8.36. The molecule has 0 spiro atoms. The molecule has 0 unspecified atom stereocenters. The maximum atomic E-state index is 12.9. The normalized spacial score (nSPS) is 13.5. The summed E-state index contributed by atoms with van der Waals surface area (Å²) >= 11 is 0. The van der Waals surface area contributed by atoms with E-state index >= 15 is 0 Å². The third kappa shape index (κ3) is 4.47. The van der Waals surface area contributed by atoms with Crippen LogP contribution in [-0.4, -0.2) is 49.4 Å². The molecule has 3 N–H and O–H groups in total. The zero-order valence-corrected chi connectivity index (χ0v) is 14.7. The molecular weight excluding hydrogens is 328 g/mol. The Hall–Kier alpha value is -2.70. The van der Waals surface area contributed by atoms with Crippen LogP contribution in [0.3, 0.4) is 0 Å². The lowest BCUT2D eigenvalue weighted by molar-refractivity contribution is -0.122. The molecule has 0 fully saturated rings. The molecule has 0 aliphatic carbocycles. The summed E-state index contributed by atoms with van der Waals surface area (Å²) in [4.78, 5) is 28.4.